The van der Waals surface area contributed by atoms with Gasteiger partial charge in [-0.05, 0) is 37.5 Å². The quantitative estimate of drug-likeness (QED) is 0.837. The largest absolute Gasteiger partial charge is 0.484 e. The SMILES string of the molecule is Cc1cc(CN(C)C(=O)CC(C)N)cc(C)c1OCC(F)(F)F.Cl. The van der Waals surface area contributed by atoms with Crippen molar-refractivity contribution in [3.8, 4) is 5.75 Å². The minimum atomic E-state index is -4.37. The minimum absolute atomic E-state index is 0. The van der Waals surface area contributed by atoms with Crippen molar-refractivity contribution in [3.63, 3.8) is 0 Å². The number of nitrogens with two attached hydrogens (primary N) is 1. The van der Waals surface area contributed by atoms with Gasteiger partial charge in [-0.1, -0.05) is 12.1 Å². The Hall–Kier alpha value is -1.47. The molecule has 1 aromatic rings. The summed E-state index contributed by atoms with van der Waals surface area (Å²) in [4.78, 5) is 13.5. The molecule has 0 aliphatic carbocycles. The maximum Gasteiger partial charge on any atom is 0.422 e. The fourth-order valence-corrected chi connectivity index (χ4v) is 2.31. The average Bonchev–Trinajstić information content (AvgIpc) is 2.35. The van der Waals surface area contributed by atoms with E-state index in [1.807, 2.05) is 0 Å². The molecule has 2 N–H and O–H groups in total. The summed E-state index contributed by atoms with van der Waals surface area (Å²) in [6, 6.07) is 3.24. The molecule has 0 bridgehead atoms. The molecule has 0 fully saturated rings. The van der Waals surface area contributed by atoms with Gasteiger partial charge in [0.05, 0.1) is 0 Å². The molecule has 0 saturated carbocycles. The van der Waals surface area contributed by atoms with Crippen LogP contribution in [0.4, 0.5) is 13.2 Å². The molecular weight excluding hydrogens is 345 g/mol. The summed E-state index contributed by atoms with van der Waals surface area (Å²) in [7, 11) is 1.67. The van der Waals surface area contributed by atoms with Gasteiger partial charge < -0.3 is 15.4 Å². The van der Waals surface area contributed by atoms with Crippen molar-refractivity contribution in [2.75, 3.05) is 13.7 Å². The number of hydrogen-bond donors (Lipinski definition) is 1. The Morgan fingerprint density at radius 2 is 1.79 bits per heavy atom. The molecule has 0 aliphatic rings. The van der Waals surface area contributed by atoms with Crippen molar-refractivity contribution in [3.05, 3.63) is 28.8 Å². The monoisotopic (exact) mass is 368 g/mol. The van der Waals surface area contributed by atoms with E-state index in [4.69, 9.17) is 10.5 Å². The van der Waals surface area contributed by atoms with Crippen molar-refractivity contribution in [1.29, 1.82) is 0 Å². The Bertz CT molecular complexity index is 540. The Morgan fingerprint density at radius 1 is 1.29 bits per heavy atom. The summed E-state index contributed by atoms with van der Waals surface area (Å²) < 4.78 is 41.7. The zero-order valence-corrected chi connectivity index (χ0v) is 15.1. The first kappa shape index (κ1) is 22.5. The van der Waals surface area contributed by atoms with Crippen molar-refractivity contribution in [1.82, 2.24) is 4.90 Å². The number of ether oxygens (including phenoxy) is 1. The third-order valence-corrected chi connectivity index (χ3v) is 3.24. The van der Waals surface area contributed by atoms with E-state index in [0.29, 0.717) is 17.7 Å². The molecule has 1 rings (SSSR count). The van der Waals surface area contributed by atoms with Crippen molar-refractivity contribution < 1.29 is 22.7 Å². The van der Waals surface area contributed by atoms with E-state index in [1.54, 1.807) is 44.9 Å². The second-order valence-electron chi connectivity index (χ2n) is 5.89. The van der Waals surface area contributed by atoms with E-state index in [0.717, 1.165) is 5.56 Å². The van der Waals surface area contributed by atoms with Crippen LogP contribution in [0.5, 0.6) is 5.75 Å². The van der Waals surface area contributed by atoms with Gasteiger partial charge in [0.2, 0.25) is 5.91 Å². The molecule has 0 radical (unpaired) electrons. The van der Waals surface area contributed by atoms with Crippen LogP contribution < -0.4 is 10.5 Å². The lowest BCUT2D eigenvalue weighted by Crippen LogP contribution is -2.31. The molecule has 24 heavy (non-hydrogen) atoms. The van der Waals surface area contributed by atoms with E-state index in [-0.39, 0.29) is 36.5 Å². The van der Waals surface area contributed by atoms with Gasteiger partial charge in [-0.15, -0.1) is 12.4 Å². The van der Waals surface area contributed by atoms with E-state index in [1.165, 1.54) is 0 Å². The first-order chi connectivity index (χ1) is 10.5. The molecule has 0 heterocycles. The summed E-state index contributed by atoms with van der Waals surface area (Å²) in [5, 5.41) is 0. The fraction of sp³-hybridized carbons (Fsp3) is 0.562. The highest BCUT2D eigenvalue weighted by Gasteiger charge is 2.29. The molecule has 138 valence electrons. The topological polar surface area (TPSA) is 55.6 Å². The molecule has 1 atom stereocenters. The normalized spacial score (nSPS) is 12.3. The van der Waals surface area contributed by atoms with E-state index in [9.17, 15) is 18.0 Å². The highest BCUT2D eigenvalue weighted by Crippen LogP contribution is 2.27. The predicted octanol–water partition coefficient (Wildman–Crippen LogP) is 3.36. The van der Waals surface area contributed by atoms with Gasteiger partial charge in [0.15, 0.2) is 6.61 Å². The van der Waals surface area contributed by atoms with Crippen molar-refractivity contribution >= 4 is 18.3 Å². The predicted molar refractivity (Wildman–Crippen MR) is 89.5 cm³/mol. The van der Waals surface area contributed by atoms with E-state index >= 15 is 0 Å². The second kappa shape index (κ2) is 9.13. The fourth-order valence-electron chi connectivity index (χ4n) is 2.31. The highest BCUT2D eigenvalue weighted by molar-refractivity contribution is 5.85. The number of hydrogen-bond acceptors (Lipinski definition) is 3. The number of halogens is 4. The van der Waals surface area contributed by atoms with Crippen LogP contribution in [0.2, 0.25) is 0 Å². The van der Waals surface area contributed by atoms with Crippen LogP contribution >= 0.6 is 12.4 Å². The third kappa shape index (κ3) is 7.40. The average molecular weight is 369 g/mol. The number of carbonyl (C=O) groups is 1. The number of nitrogens with zero attached hydrogens (tertiary/aromatic N) is 1. The second-order valence-corrected chi connectivity index (χ2v) is 5.89. The number of amides is 1. The minimum Gasteiger partial charge on any atom is -0.484 e. The molecule has 0 saturated heterocycles. The van der Waals surface area contributed by atoms with Crippen LogP contribution in [-0.2, 0) is 11.3 Å². The summed E-state index contributed by atoms with van der Waals surface area (Å²) in [6.07, 6.45) is -4.12. The van der Waals surface area contributed by atoms with Gasteiger partial charge in [-0.25, -0.2) is 0 Å². The van der Waals surface area contributed by atoms with Crippen LogP contribution in [0, 0.1) is 13.8 Å². The highest BCUT2D eigenvalue weighted by atomic mass is 35.5. The van der Waals surface area contributed by atoms with Crippen molar-refractivity contribution in [2.45, 2.75) is 46.0 Å². The summed E-state index contributed by atoms with van der Waals surface area (Å²) in [5.41, 5.74) is 7.66. The Kier molecular flexibility index (Phi) is 8.57. The lowest BCUT2D eigenvalue weighted by atomic mass is 10.0. The molecule has 1 amide bonds. The van der Waals surface area contributed by atoms with Crippen LogP contribution in [0.25, 0.3) is 0 Å². The van der Waals surface area contributed by atoms with Gasteiger partial charge in [-0.2, -0.15) is 13.2 Å². The zero-order valence-electron chi connectivity index (χ0n) is 14.2. The molecule has 0 aromatic heterocycles. The lowest BCUT2D eigenvalue weighted by Gasteiger charge is -2.20. The van der Waals surface area contributed by atoms with Crippen LogP contribution in [-0.4, -0.2) is 36.7 Å². The molecule has 0 aliphatic heterocycles. The van der Waals surface area contributed by atoms with Gasteiger partial charge in [0.1, 0.15) is 5.75 Å². The zero-order chi connectivity index (χ0) is 17.8. The number of rotatable bonds is 6. The third-order valence-electron chi connectivity index (χ3n) is 3.24. The van der Waals surface area contributed by atoms with Crippen LogP contribution in [0.15, 0.2) is 12.1 Å². The number of benzene rings is 1. The van der Waals surface area contributed by atoms with Crippen LogP contribution in [0.1, 0.15) is 30.0 Å². The lowest BCUT2D eigenvalue weighted by molar-refractivity contribution is -0.153. The smallest absolute Gasteiger partial charge is 0.422 e. The number of aryl methyl sites for hydroxylation is 2. The summed E-state index contributed by atoms with van der Waals surface area (Å²) in [6.45, 7) is 4.18. The van der Waals surface area contributed by atoms with Gasteiger partial charge in [-0.3, -0.25) is 4.79 Å². The molecule has 1 unspecified atom stereocenters. The maximum atomic E-state index is 12.3. The number of carbonyl (C=O) groups excluding carboxylic acids is 1. The standard InChI is InChI=1S/C16H23F3N2O2.ClH/c1-10-5-13(8-21(4)14(22)7-12(3)20)6-11(2)15(10)23-9-16(17,18)19;/h5-6,12H,7-9,20H2,1-4H3;1H. The Balaban J connectivity index is 0.00000529. The summed E-state index contributed by atoms with van der Waals surface area (Å²) in [5.74, 6) is 0.156. The number of alkyl halides is 3. The van der Waals surface area contributed by atoms with Gasteiger partial charge in [0.25, 0.3) is 0 Å². The molecule has 4 nitrogen and oxygen atoms in total. The molecule has 8 heteroatoms. The van der Waals surface area contributed by atoms with Crippen molar-refractivity contribution in [2.24, 2.45) is 5.73 Å². The molecule has 1 aromatic carbocycles. The van der Waals surface area contributed by atoms with Crippen LogP contribution in [0.3, 0.4) is 0 Å². The van der Waals surface area contributed by atoms with E-state index in [2.05, 4.69) is 0 Å². The first-order valence-electron chi connectivity index (χ1n) is 7.29. The Labute approximate surface area is 146 Å². The van der Waals surface area contributed by atoms with Gasteiger partial charge >= 0.3 is 6.18 Å². The maximum absolute atomic E-state index is 12.3. The van der Waals surface area contributed by atoms with Gasteiger partial charge in [0, 0.05) is 26.1 Å². The molecular formula is C16H24ClF3N2O2. The Morgan fingerprint density at radius 3 is 2.21 bits per heavy atom. The van der Waals surface area contributed by atoms with E-state index < -0.39 is 12.8 Å². The summed E-state index contributed by atoms with van der Waals surface area (Å²) >= 11 is 0. The molecule has 0 spiro atoms. The first-order valence-corrected chi connectivity index (χ1v) is 7.29.